The molecule has 0 fully saturated rings. The van der Waals surface area contributed by atoms with E-state index in [9.17, 15) is 0 Å². The van der Waals surface area contributed by atoms with Gasteiger partial charge in [-0.05, 0) is 111 Å². The lowest BCUT2D eigenvalue weighted by molar-refractivity contribution is -0.0987. The standard InChI is InChI=1S/C51H70O8P2.2CH2O/c1-19-52-34-26-38-39-27-35(53-20-2)29-43(51(16,17)18)47(39)59-61(58-46(38)42(28-34)50(13,14)15)55-33(6)25-32(5)54-60-56-44-36(21-30(3)23-40(44)48(7,8)9)37-22-31(4)24-41(45(37)57-60)49(10,11)12;2*1-2/h21-24,26-29,32-33H,19-20,25H2,1-18H3;2*1H2/t32-,33-;;/m1../s1. The third kappa shape index (κ3) is 12.5. The summed E-state index contributed by atoms with van der Waals surface area (Å²) in [7, 11) is -3.80. The van der Waals surface area contributed by atoms with E-state index in [1.54, 1.807) is 0 Å². The van der Waals surface area contributed by atoms with E-state index in [0.29, 0.717) is 19.6 Å². The Morgan fingerprint density at radius 3 is 0.985 bits per heavy atom. The van der Waals surface area contributed by atoms with Crippen molar-refractivity contribution >= 4 is 73.9 Å². The summed E-state index contributed by atoms with van der Waals surface area (Å²) in [6, 6.07) is 17.2. The molecular formula is C53H74O10P2. The van der Waals surface area contributed by atoms with Crippen LogP contribution in [0.5, 0.6) is 11.5 Å². The molecule has 0 aliphatic rings. The van der Waals surface area contributed by atoms with Crippen molar-refractivity contribution in [2.24, 2.45) is 0 Å². The Kier molecular flexibility index (Phi) is 17.2. The van der Waals surface area contributed by atoms with E-state index in [4.69, 9.17) is 44.9 Å². The first kappa shape index (κ1) is 53.2. The molecule has 0 radical (unpaired) electrons. The number of hydrogen-bond acceptors (Lipinski definition) is 10. The lowest BCUT2D eigenvalue weighted by atomic mass is 9.83. The molecule has 0 saturated heterocycles. The zero-order chi connectivity index (χ0) is 49.0. The maximum Gasteiger partial charge on any atom is 0.387 e. The van der Waals surface area contributed by atoms with Gasteiger partial charge in [-0.25, -0.2) is 0 Å². The molecule has 10 nitrogen and oxygen atoms in total. The third-order valence-electron chi connectivity index (χ3n) is 10.9. The Hall–Kier alpha value is -4.46. The zero-order valence-electron chi connectivity index (χ0n) is 42.3. The number of rotatable bonds is 10. The Morgan fingerprint density at radius 1 is 0.462 bits per heavy atom. The van der Waals surface area contributed by atoms with Gasteiger partial charge < -0.3 is 35.8 Å². The van der Waals surface area contributed by atoms with Crippen molar-refractivity contribution in [1.29, 1.82) is 0 Å². The van der Waals surface area contributed by atoms with Gasteiger partial charge in [-0.1, -0.05) is 95.2 Å². The average Bonchev–Trinajstić information content (AvgIpc) is 3.44. The molecule has 65 heavy (non-hydrogen) atoms. The van der Waals surface area contributed by atoms with E-state index in [1.807, 2.05) is 41.3 Å². The molecule has 0 aliphatic carbocycles. The fraction of sp³-hybridized carbons (Fsp3) is 0.509. The minimum atomic E-state index is -1.93. The smallest absolute Gasteiger partial charge is 0.387 e. The van der Waals surface area contributed by atoms with Crippen LogP contribution in [-0.2, 0) is 31.2 Å². The van der Waals surface area contributed by atoms with Crippen LogP contribution in [0.1, 0.15) is 151 Å². The maximum absolute atomic E-state index is 8.00. The van der Waals surface area contributed by atoms with Crippen LogP contribution in [-0.4, -0.2) is 39.0 Å². The van der Waals surface area contributed by atoms with Crippen molar-refractivity contribution in [3.8, 4) is 11.5 Å². The molecule has 0 unspecified atom stereocenters. The fourth-order valence-electron chi connectivity index (χ4n) is 7.94. The number of carbonyl (C=O) groups excluding carboxylic acids is 2. The van der Waals surface area contributed by atoms with Gasteiger partial charge in [0.25, 0.3) is 0 Å². The summed E-state index contributed by atoms with van der Waals surface area (Å²) in [5.41, 5.74) is 8.75. The van der Waals surface area contributed by atoms with Crippen molar-refractivity contribution in [3.05, 3.63) is 81.9 Å². The summed E-state index contributed by atoms with van der Waals surface area (Å²) in [5, 5.41) is 3.83. The van der Waals surface area contributed by atoms with E-state index in [2.05, 4.69) is 145 Å². The SMILES string of the molecule is C=O.C=O.CCOc1cc(C(C)(C)C)c2op(O[C@H](C)C[C@@H](C)Op3oc4c(C(C)(C)C)cc(C)cc4c4cc(C)cc(C(C)(C)C)c4o3)oc3c(C(C)(C)C)cc(OCC)cc3c2c1. The number of carbonyl (C=O) groups is 2. The van der Waals surface area contributed by atoms with Crippen molar-refractivity contribution in [1.82, 2.24) is 0 Å². The summed E-state index contributed by atoms with van der Waals surface area (Å²) >= 11 is 0. The minimum Gasteiger partial charge on any atom is -0.494 e. The highest BCUT2D eigenvalue weighted by atomic mass is 31.1. The Balaban J connectivity index is 0.00000225. The van der Waals surface area contributed by atoms with Gasteiger partial charge in [-0.3, -0.25) is 9.05 Å². The van der Waals surface area contributed by atoms with Gasteiger partial charge in [0.1, 0.15) is 47.4 Å². The van der Waals surface area contributed by atoms with Crippen LogP contribution >= 0.6 is 16.5 Å². The molecule has 356 valence electrons. The molecule has 0 aliphatic heterocycles. The minimum absolute atomic E-state index is 0.181. The van der Waals surface area contributed by atoms with Gasteiger partial charge in [-0.15, -0.1) is 0 Å². The van der Waals surface area contributed by atoms with E-state index in [1.165, 1.54) is 11.1 Å². The summed E-state index contributed by atoms with van der Waals surface area (Å²) in [6.45, 7) is 43.9. The van der Waals surface area contributed by atoms with E-state index >= 15 is 0 Å². The molecule has 0 bridgehead atoms. The number of benzene rings is 4. The highest BCUT2D eigenvalue weighted by molar-refractivity contribution is 7.32. The predicted octanol–water partition coefficient (Wildman–Crippen LogP) is 15.9. The van der Waals surface area contributed by atoms with Crippen LogP contribution < -0.4 is 18.5 Å². The second-order valence-corrected chi connectivity index (χ2v) is 22.9. The van der Waals surface area contributed by atoms with Gasteiger partial charge in [0.05, 0.1) is 25.4 Å². The Morgan fingerprint density at radius 2 is 0.723 bits per heavy atom. The van der Waals surface area contributed by atoms with E-state index in [0.717, 1.165) is 77.6 Å². The highest BCUT2D eigenvalue weighted by Crippen LogP contribution is 2.46. The number of hydrogen-bond donors (Lipinski definition) is 0. The van der Waals surface area contributed by atoms with Crippen LogP contribution in [0.4, 0.5) is 0 Å². The molecule has 0 saturated carbocycles. The van der Waals surface area contributed by atoms with Crippen molar-refractivity contribution in [2.75, 3.05) is 13.2 Å². The van der Waals surface area contributed by atoms with Crippen LogP contribution in [0.3, 0.4) is 0 Å². The van der Waals surface area contributed by atoms with Gasteiger partial charge in [0.15, 0.2) is 0 Å². The zero-order valence-corrected chi connectivity index (χ0v) is 44.1. The maximum atomic E-state index is 8.00. The molecule has 12 heteroatoms. The van der Waals surface area contributed by atoms with E-state index in [-0.39, 0.29) is 33.9 Å². The molecule has 0 spiro atoms. The quantitative estimate of drug-likeness (QED) is 0.131. The summed E-state index contributed by atoms with van der Waals surface area (Å²) in [5.74, 6) is 1.55. The van der Waals surface area contributed by atoms with Crippen molar-refractivity contribution in [3.63, 3.8) is 0 Å². The van der Waals surface area contributed by atoms with Gasteiger partial charge in [-0.2, -0.15) is 0 Å². The van der Waals surface area contributed by atoms with Crippen molar-refractivity contribution in [2.45, 2.75) is 165 Å². The first-order chi connectivity index (χ1) is 30.3. The molecule has 2 heterocycles. The molecule has 4 aromatic carbocycles. The third-order valence-corrected chi connectivity index (χ3v) is 13.3. The first-order valence-corrected chi connectivity index (χ1v) is 24.6. The summed E-state index contributed by atoms with van der Waals surface area (Å²) in [6.07, 6.45) is -0.103. The average molecular weight is 933 g/mol. The largest absolute Gasteiger partial charge is 0.494 e. The molecule has 6 aromatic rings. The summed E-state index contributed by atoms with van der Waals surface area (Å²) in [4.78, 5) is 16.0. The monoisotopic (exact) mass is 932 g/mol. The first-order valence-electron chi connectivity index (χ1n) is 22.5. The highest BCUT2D eigenvalue weighted by Gasteiger charge is 2.29. The second kappa shape index (κ2) is 21.0. The van der Waals surface area contributed by atoms with Crippen molar-refractivity contribution < 1.29 is 44.9 Å². The van der Waals surface area contributed by atoms with Crippen LogP contribution in [0.25, 0.3) is 43.9 Å². The number of aryl methyl sites for hydroxylation is 2. The van der Waals surface area contributed by atoms with Gasteiger partial charge >= 0.3 is 16.5 Å². The predicted molar refractivity (Wildman–Crippen MR) is 270 cm³/mol. The Bertz CT molecular complexity index is 2510. The molecule has 0 amide bonds. The molecule has 6 rings (SSSR count). The molecule has 2 aromatic heterocycles. The lowest BCUT2D eigenvalue weighted by Gasteiger charge is -2.22. The number of fused-ring (bicyclic) bond motifs is 6. The molecule has 0 N–H and O–H groups in total. The lowest BCUT2D eigenvalue weighted by Crippen LogP contribution is -2.21. The Labute approximate surface area is 389 Å². The normalized spacial score (nSPS) is 13.2. The van der Waals surface area contributed by atoms with Crippen LogP contribution in [0.15, 0.2) is 65.3 Å². The van der Waals surface area contributed by atoms with Crippen LogP contribution in [0.2, 0.25) is 0 Å². The number of ether oxygens (including phenoxy) is 2. The van der Waals surface area contributed by atoms with Gasteiger partial charge in [0, 0.05) is 50.2 Å². The second-order valence-electron chi connectivity index (χ2n) is 20.8. The topological polar surface area (TPSA) is 124 Å². The van der Waals surface area contributed by atoms with Gasteiger partial charge in [0.2, 0.25) is 0 Å². The summed E-state index contributed by atoms with van der Waals surface area (Å²) < 4.78 is 53.7. The molecule has 2 atom stereocenters. The van der Waals surface area contributed by atoms with Crippen LogP contribution in [0, 0.1) is 13.8 Å². The van der Waals surface area contributed by atoms with E-state index < -0.39 is 16.5 Å². The fourth-order valence-corrected chi connectivity index (χ4v) is 10.3. The molecular weight excluding hydrogens is 859 g/mol.